The van der Waals surface area contributed by atoms with E-state index in [1.54, 1.807) is 25.6 Å². The molecule has 3 nitrogen and oxygen atoms in total. The lowest BCUT2D eigenvalue weighted by atomic mass is 10.4. The first-order chi connectivity index (χ1) is 7.71. The summed E-state index contributed by atoms with van der Waals surface area (Å²) < 4.78 is 10.3. The largest absolute Gasteiger partial charge is 0.350 e. The molecule has 0 aromatic carbocycles. The van der Waals surface area contributed by atoms with Crippen LogP contribution in [0.15, 0.2) is 5.38 Å². The Morgan fingerprint density at radius 2 is 2.12 bits per heavy atom. The first-order valence-corrected chi connectivity index (χ1v) is 7.25. The van der Waals surface area contributed by atoms with Gasteiger partial charge in [0.15, 0.2) is 0 Å². The van der Waals surface area contributed by atoms with E-state index in [-0.39, 0.29) is 6.29 Å². The Labute approximate surface area is 106 Å². The number of ether oxygens (including phenoxy) is 2. The Hall–Kier alpha value is -0.100. The summed E-state index contributed by atoms with van der Waals surface area (Å²) in [5.41, 5.74) is 0.870. The number of thiazole rings is 1. The Balaban J connectivity index is 2.51. The van der Waals surface area contributed by atoms with Crippen molar-refractivity contribution >= 4 is 23.1 Å². The molecule has 0 aliphatic rings. The zero-order chi connectivity index (χ0) is 12.0. The third kappa shape index (κ3) is 4.05. The molecule has 1 unspecified atom stereocenters. The van der Waals surface area contributed by atoms with Gasteiger partial charge in [-0.3, -0.25) is 0 Å². The average Bonchev–Trinajstić information content (AvgIpc) is 2.76. The SMILES string of the molecule is CCC(C)SCc1nc(C(OC)OC)cs1. The molecule has 1 heterocycles. The summed E-state index contributed by atoms with van der Waals surface area (Å²) in [5, 5.41) is 3.83. The molecule has 1 rings (SSSR count). The second-order valence-electron chi connectivity index (χ2n) is 3.50. The molecule has 1 atom stereocenters. The van der Waals surface area contributed by atoms with Gasteiger partial charge in [-0.15, -0.1) is 11.3 Å². The van der Waals surface area contributed by atoms with Crippen LogP contribution in [-0.2, 0) is 15.2 Å². The van der Waals surface area contributed by atoms with E-state index in [0.717, 1.165) is 16.5 Å². The van der Waals surface area contributed by atoms with Gasteiger partial charge in [0.05, 0.1) is 0 Å². The molecule has 0 amide bonds. The van der Waals surface area contributed by atoms with Crippen LogP contribution in [0.2, 0.25) is 0 Å². The van der Waals surface area contributed by atoms with Gasteiger partial charge in [0.25, 0.3) is 0 Å². The highest BCUT2D eigenvalue weighted by atomic mass is 32.2. The number of hydrogen-bond acceptors (Lipinski definition) is 5. The maximum atomic E-state index is 5.16. The molecule has 92 valence electrons. The Kier molecular flexibility index (Phi) is 6.34. The van der Waals surface area contributed by atoms with E-state index >= 15 is 0 Å². The van der Waals surface area contributed by atoms with Crippen molar-refractivity contribution in [2.24, 2.45) is 0 Å². The van der Waals surface area contributed by atoms with Crippen molar-refractivity contribution in [1.82, 2.24) is 4.98 Å². The van der Waals surface area contributed by atoms with Crippen molar-refractivity contribution in [2.45, 2.75) is 37.6 Å². The lowest BCUT2D eigenvalue weighted by Gasteiger charge is -2.09. The normalized spacial score (nSPS) is 13.3. The fourth-order valence-corrected chi connectivity index (χ4v) is 2.95. The first-order valence-electron chi connectivity index (χ1n) is 5.32. The van der Waals surface area contributed by atoms with Gasteiger partial charge in [-0.1, -0.05) is 13.8 Å². The van der Waals surface area contributed by atoms with E-state index in [2.05, 4.69) is 18.8 Å². The molecule has 16 heavy (non-hydrogen) atoms. The average molecular weight is 261 g/mol. The zero-order valence-corrected chi connectivity index (χ0v) is 11.9. The van der Waals surface area contributed by atoms with Crippen LogP contribution in [0.1, 0.15) is 37.3 Å². The number of nitrogens with zero attached hydrogens (tertiary/aromatic N) is 1. The molecule has 0 N–H and O–H groups in total. The van der Waals surface area contributed by atoms with Gasteiger partial charge >= 0.3 is 0 Å². The van der Waals surface area contributed by atoms with E-state index in [0.29, 0.717) is 5.25 Å². The minimum atomic E-state index is -0.335. The Morgan fingerprint density at radius 3 is 2.69 bits per heavy atom. The fourth-order valence-electron chi connectivity index (χ4n) is 1.17. The summed E-state index contributed by atoms with van der Waals surface area (Å²) >= 11 is 3.61. The second kappa shape index (κ2) is 7.27. The third-order valence-corrected chi connectivity index (χ3v) is 4.70. The minimum absolute atomic E-state index is 0.335. The van der Waals surface area contributed by atoms with Crippen LogP contribution in [0, 0.1) is 0 Å². The molecule has 0 aliphatic carbocycles. The molecule has 5 heteroatoms. The highest BCUT2D eigenvalue weighted by Gasteiger charge is 2.13. The molecular formula is C11H19NO2S2. The van der Waals surface area contributed by atoms with Crippen LogP contribution < -0.4 is 0 Å². The molecule has 0 fully saturated rings. The smallest absolute Gasteiger partial charge is 0.201 e. The lowest BCUT2D eigenvalue weighted by molar-refractivity contribution is -0.108. The molecular weight excluding hydrogens is 242 g/mol. The summed E-state index contributed by atoms with van der Waals surface area (Å²) in [5.74, 6) is 0.972. The van der Waals surface area contributed by atoms with Crippen molar-refractivity contribution in [3.63, 3.8) is 0 Å². The first kappa shape index (κ1) is 14.0. The third-order valence-electron chi connectivity index (χ3n) is 2.31. The number of rotatable bonds is 7. The van der Waals surface area contributed by atoms with Gasteiger partial charge in [-0.2, -0.15) is 11.8 Å². The highest BCUT2D eigenvalue weighted by Crippen LogP contribution is 2.25. The molecule has 0 aliphatic heterocycles. The van der Waals surface area contributed by atoms with Crippen LogP contribution >= 0.6 is 23.1 Å². The van der Waals surface area contributed by atoms with E-state index in [1.807, 2.05) is 17.1 Å². The number of hydrogen-bond donors (Lipinski definition) is 0. The summed E-state index contributed by atoms with van der Waals surface area (Å²) in [7, 11) is 3.25. The van der Waals surface area contributed by atoms with Gasteiger partial charge in [0.2, 0.25) is 6.29 Å². The van der Waals surface area contributed by atoms with E-state index in [4.69, 9.17) is 9.47 Å². The van der Waals surface area contributed by atoms with Crippen molar-refractivity contribution in [3.05, 3.63) is 16.1 Å². The van der Waals surface area contributed by atoms with Gasteiger partial charge in [-0.25, -0.2) is 4.98 Å². The van der Waals surface area contributed by atoms with Crippen LogP contribution in [0.4, 0.5) is 0 Å². The maximum absolute atomic E-state index is 5.16. The number of aromatic nitrogens is 1. The summed E-state index contributed by atoms with van der Waals surface area (Å²) in [6.45, 7) is 4.45. The van der Waals surface area contributed by atoms with Gasteiger partial charge in [0, 0.05) is 30.6 Å². The predicted molar refractivity (Wildman–Crippen MR) is 69.9 cm³/mol. The molecule has 0 saturated heterocycles. The van der Waals surface area contributed by atoms with Crippen LogP contribution in [0.5, 0.6) is 0 Å². The molecule has 0 bridgehead atoms. The highest BCUT2D eigenvalue weighted by molar-refractivity contribution is 7.99. The predicted octanol–water partition coefficient (Wildman–Crippen LogP) is 3.47. The molecule has 1 aromatic rings. The van der Waals surface area contributed by atoms with Crippen molar-refractivity contribution in [2.75, 3.05) is 14.2 Å². The van der Waals surface area contributed by atoms with Crippen LogP contribution in [0.3, 0.4) is 0 Å². The van der Waals surface area contributed by atoms with Gasteiger partial charge in [0.1, 0.15) is 10.7 Å². The zero-order valence-electron chi connectivity index (χ0n) is 10.2. The van der Waals surface area contributed by atoms with Gasteiger partial charge < -0.3 is 9.47 Å². The Bertz CT molecular complexity index is 300. The van der Waals surface area contributed by atoms with Crippen LogP contribution in [-0.4, -0.2) is 24.5 Å². The van der Waals surface area contributed by atoms with Crippen molar-refractivity contribution in [3.8, 4) is 0 Å². The Morgan fingerprint density at radius 1 is 1.44 bits per heavy atom. The lowest BCUT2D eigenvalue weighted by Crippen LogP contribution is -2.04. The quantitative estimate of drug-likeness (QED) is 0.703. The van der Waals surface area contributed by atoms with Crippen molar-refractivity contribution < 1.29 is 9.47 Å². The number of methoxy groups -OCH3 is 2. The molecule has 0 radical (unpaired) electrons. The minimum Gasteiger partial charge on any atom is -0.350 e. The molecule has 0 spiro atoms. The van der Waals surface area contributed by atoms with Gasteiger partial charge in [-0.05, 0) is 6.42 Å². The fraction of sp³-hybridized carbons (Fsp3) is 0.727. The maximum Gasteiger partial charge on any atom is 0.201 e. The second-order valence-corrected chi connectivity index (χ2v) is 5.87. The topological polar surface area (TPSA) is 31.4 Å². The monoisotopic (exact) mass is 261 g/mol. The van der Waals surface area contributed by atoms with Crippen LogP contribution in [0.25, 0.3) is 0 Å². The summed E-state index contributed by atoms with van der Waals surface area (Å²) in [4.78, 5) is 4.51. The molecule has 1 aromatic heterocycles. The standard InChI is InChI=1S/C11H19NO2S2/c1-5-8(2)15-7-10-12-9(6-16-10)11(13-3)14-4/h6,8,11H,5,7H2,1-4H3. The number of thioether (sulfide) groups is 1. The van der Waals surface area contributed by atoms with E-state index in [1.165, 1.54) is 6.42 Å². The van der Waals surface area contributed by atoms with Crippen molar-refractivity contribution in [1.29, 1.82) is 0 Å². The van der Waals surface area contributed by atoms with E-state index < -0.39 is 0 Å². The summed E-state index contributed by atoms with van der Waals surface area (Å²) in [6, 6.07) is 0. The van der Waals surface area contributed by atoms with E-state index in [9.17, 15) is 0 Å². The molecule has 0 saturated carbocycles. The summed E-state index contributed by atoms with van der Waals surface area (Å²) in [6.07, 6.45) is 0.861.